The van der Waals surface area contributed by atoms with Crippen LogP contribution in [0.25, 0.3) is 0 Å². The maximum absolute atomic E-state index is 11.8. The van der Waals surface area contributed by atoms with E-state index in [-0.39, 0.29) is 18.1 Å². The summed E-state index contributed by atoms with van der Waals surface area (Å²) in [5.41, 5.74) is 0. The molecule has 0 saturated heterocycles. The normalized spacial score (nSPS) is 12.7. The Morgan fingerprint density at radius 1 is 1.56 bits per heavy atom. The van der Waals surface area contributed by atoms with E-state index in [4.69, 9.17) is 4.74 Å². The fraction of sp³-hybridized carbons (Fsp3) is 0.615. The van der Waals surface area contributed by atoms with Crippen LogP contribution in [0.5, 0.6) is 0 Å². The molecule has 0 bridgehead atoms. The number of esters is 1. The van der Waals surface area contributed by atoms with Crippen molar-refractivity contribution in [1.29, 1.82) is 0 Å². The molecule has 1 unspecified atom stereocenters. The minimum absolute atomic E-state index is 0.141. The molecule has 1 N–H and O–H groups in total. The lowest BCUT2D eigenvalue weighted by atomic mass is 10.2. The second-order valence-electron chi connectivity index (χ2n) is 4.20. The van der Waals surface area contributed by atoms with E-state index in [1.165, 1.54) is 4.21 Å². The molecule has 0 aliphatic carbocycles. The van der Waals surface area contributed by atoms with Crippen LogP contribution in [0.1, 0.15) is 27.2 Å². The topological polar surface area (TPSA) is 38.3 Å². The molecule has 1 aromatic heterocycles. The molecule has 18 heavy (non-hydrogen) atoms. The Morgan fingerprint density at radius 3 is 2.89 bits per heavy atom. The molecule has 0 saturated carbocycles. The molecule has 0 radical (unpaired) electrons. The standard InChI is InChI=1S/C13H21NO2S2/c1-4-16-13(15)11(14-10(2)3)7-9-18-12-6-5-8-17-12/h5-6,8,10-11,14H,4,7,9H2,1-3H3. The van der Waals surface area contributed by atoms with E-state index in [2.05, 4.69) is 16.8 Å². The van der Waals surface area contributed by atoms with Gasteiger partial charge in [-0.05, 0) is 24.8 Å². The molecule has 5 heteroatoms. The van der Waals surface area contributed by atoms with Gasteiger partial charge in [-0.2, -0.15) is 0 Å². The predicted octanol–water partition coefficient (Wildman–Crippen LogP) is 3.16. The molecule has 1 heterocycles. The molecule has 0 amide bonds. The number of ether oxygens (including phenoxy) is 1. The lowest BCUT2D eigenvalue weighted by Crippen LogP contribution is -2.42. The summed E-state index contributed by atoms with van der Waals surface area (Å²) in [4.78, 5) is 11.8. The summed E-state index contributed by atoms with van der Waals surface area (Å²) in [6, 6.07) is 4.23. The van der Waals surface area contributed by atoms with E-state index in [1.807, 2.05) is 26.8 Å². The second-order valence-corrected chi connectivity index (χ2v) is 6.54. The lowest BCUT2D eigenvalue weighted by Gasteiger charge is -2.19. The average Bonchev–Trinajstić information content (AvgIpc) is 2.80. The molecule has 0 aromatic carbocycles. The van der Waals surface area contributed by atoms with Crippen LogP contribution >= 0.6 is 23.1 Å². The van der Waals surface area contributed by atoms with Crippen molar-refractivity contribution in [1.82, 2.24) is 5.32 Å². The zero-order valence-corrected chi connectivity index (χ0v) is 12.8. The highest BCUT2D eigenvalue weighted by Crippen LogP contribution is 2.24. The predicted molar refractivity (Wildman–Crippen MR) is 78.4 cm³/mol. The molecule has 1 aromatic rings. The maximum atomic E-state index is 11.8. The molecule has 102 valence electrons. The molecule has 0 fully saturated rings. The first-order chi connectivity index (χ1) is 8.63. The summed E-state index contributed by atoms with van der Waals surface area (Å²) in [5.74, 6) is 0.780. The zero-order chi connectivity index (χ0) is 13.4. The highest BCUT2D eigenvalue weighted by Gasteiger charge is 2.19. The van der Waals surface area contributed by atoms with Gasteiger partial charge in [-0.3, -0.25) is 4.79 Å². The molecular formula is C13H21NO2S2. The first kappa shape index (κ1) is 15.5. The minimum Gasteiger partial charge on any atom is -0.465 e. The van der Waals surface area contributed by atoms with Crippen LogP contribution < -0.4 is 5.32 Å². The Bertz CT molecular complexity index is 339. The summed E-state index contributed by atoms with van der Waals surface area (Å²) >= 11 is 3.52. The van der Waals surface area contributed by atoms with Gasteiger partial charge in [-0.15, -0.1) is 23.1 Å². The van der Waals surface area contributed by atoms with Crippen molar-refractivity contribution in [3.63, 3.8) is 0 Å². The Hall–Kier alpha value is -0.520. The van der Waals surface area contributed by atoms with Gasteiger partial charge in [0.05, 0.1) is 10.8 Å². The molecule has 1 atom stereocenters. The molecule has 0 spiro atoms. The number of rotatable bonds is 8. The van der Waals surface area contributed by atoms with E-state index in [1.54, 1.807) is 23.1 Å². The monoisotopic (exact) mass is 287 g/mol. The van der Waals surface area contributed by atoms with Gasteiger partial charge in [0.2, 0.25) is 0 Å². The van der Waals surface area contributed by atoms with Gasteiger partial charge in [0, 0.05) is 11.8 Å². The third-order valence-corrected chi connectivity index (χ3v) is 4.42. The minimum atomic E-state index is -0.197. The molecule has 3 nitrogen and oxygen atoms in total. The second kappa shape index (κ2) is 8.56. The SMILES string of the molecule is CCOC(=O)C(CCSc1cccs1)NC(C)C. The van der Waals surface area contributed by atoms with Crippen LogP contribution in [0.4, 0.5) is 0 Å². The quantitative estimate of drug-likeness (QED) is 0.589. The summed E-state index contributed by atoms with van der Waals surface area (Å²) in [7, 11) is 0. The van der Waals surface area contributed by atoms with E-state index < -0.39 is 0 Å². The molecule has 1 rings (SSSR count). The molecule has 0 aliphatic rings. The van der Waals surface area contributed by atoms with Crippen molar-refractivity contribution >= 4 is 29.1 Å². The van der Waals surface area contributed by atoms with Crippen LogP contribution in [0, 0.1) is 0 Å². The third kappa shape index (κ3) is 5.89. The van der Waals surface area contributed by atoms with Crippen molar-refractivity contribution in [2.24, 2.45) is 0 Å². The number of carbonyl (C=O) groups is 1. The highest BCUT2D eigenvalue weighted by atomic mass is 32.2. The van der Waals surface area contributed by atoms with E-state index in [0.717, 1.165) is 12.2 Å². The van der Waals surface area contributed by atoms with Crippen molar-refractivity contribution in [2.75, 3.05) is 12.4 Å². The Morgan fingerprint density at radius 2 is 2.33 bits per heavy atom. The summed E-state index contributed by atoms with van der Waals surface area (Å²) in [6.45, 7) is 6.36. The smallest absolute Gasteiger partial charge is 0.323 e. The average molecular weight is 287 g/mol. The first-order valence-corrected chi connectivity index (χ1v) is 8.09. The number of hydrogen-bond donors (Lipinski definition) is 1. The number of thiophene rings is 1. The number of nitrogens with one attached hydrogen (secondary N) is 1. The Balaban J connectivity index is 2.37. The van der Waals surface area contributed by atoms with Gasteiger partial charge >= 0.3 is 5.97 Å². The van der Waals surface area contributed by atoms with Gasteiger partial charge in [0.15, 0.2) is 0 Å². The van der Waals surface area contributed by atoms with Crippen LogP contribution in [0.15, 0.2) is 21.7 Å². The van der Waals surface area contributed by atoms with Crippen molar-refractivity contribution in [2.45, 2.75) is 43.5 Å². The summed E-state index contributed by atoms with van der Waals surface area (Å²) < 4.78 is 6.38. The lowest BCUT2D eigenvalue weighted by molar-refractivity contribution is -0.145. The largest absolute Gasteiger partial charge is 0.465 e. The Kier molecular flexibility index (Phi) is 7.39. The summed E-state index contributed by atoms with van der Waals surface area (Å²) in [6.07, 6.45) is 0.791. The van der Waals surface area contributed by atoms with Crippen molar-refractivity contribution in [3.05, 3.63) is 17.5 Å². The van der Waals surface area contributed by atoms with Crippen molar-refractivity contribution < 1.29 is 9.53 Å². The van der Waals surface area contributed by atoms with Gasteiger partial charge in [0.1, 0.15) is 6.04 Å². The highest BCUT2D eigenvalue weighted by molar-refractivity contribution is 8.01. The first-order valence-electron chi connectivity index (χ1n) is 6.22. The van der Waals surface area contributed by atoms with Crippen molar-refractivity contribution in [3.8, 4) is 0 Å². The van der Waals surface area contributed by atoms with Gasteiger partial charge < -0.3 is 10.1 Å². The third-order valence-electron chi connectivity index (χ3n) is 2.25. The van der Waals surface area contributed by atoms with E-state index >= 15 is 0 Å². The number of thioether (sulfide) groups is 1. The fourth-order valence-corrected chi connectivity index (χ4v) is 3.40. The zero-order valence-electron chi connectivity index (χ0n) is 11.1. The molecule has 0 aliphatic heterocycles. The number of carbonyl (C=O) groups excluding carboxylic acids is 1. The van der Waals surface area contributed by atoms with Crippen LogP contribution in [0.2, 0.25) is 0 Å². The van der Waals surface area contributed by atoms with Gasteiger partial charge in [0.25, 0.3) is 0 Å². The summed E-state index contributed by atoms with van der Waals surface area (Å²) in [5, 5.41) is 5.33. The van der Waals surface area contributed by atoms with Gasteiger partial charge in [-0.1, -0.05) is 19.9 Å². The van der Waals surface area contributed by atoms with Crippen LogP contribution in [-0.2, 0) is 9.53 Å². The Labute approximate surface area is 117 Å². The van der Waals surface area contributed by atoms with E-state index in [9.17, 15) is 4.79 Å². The van der Waals surface area contributed by atoms with Gasteiger partial charge in [-0.25, -0.2) is 0 Å². The fourth-order valence-electron chi connectivity index (χ4n) is 1.54. The number of hydrogen-bond acceptors (Lipinski definition) is 5. The maximum Gasteiger partial charge on any atom is 0.323 e. The van der Waals surface area contributed by atoms with E-state index in [0.29, 0.717) is 6.61 Å². The van der Waals surface area contributed by atoms with Crippen LogP contribution in [0.3, 0.4) is 0 Å². The molecular weight excluding hydrogens is 266 g/mol. The van der Waals surface area contributed by atoms with Crippen LogP contribution in [-0.4, -0.2) is 30.4 Å².